The first-order valence-electron chi connectivity index (χ1n) is 5.95. The van der Waals surface area contributed by atoms with Crippen LogP contribution in [0, 0.1) is 11.3 Å². The van der Waals surface area contributed by atoms with Crippen molar-refractivity contribution in [2.24, 2.45) is 0 Å². The Labute approximate surface area is 107 Å². The highest BCUT2D eigenvalue weighted by atomic mass is 16.5. The predicted molar refractivity (Wildman–Crippen MR) is 70.8 cm³/mol. The second-order valence-electron chi connectivity index (χ2n) is 4.18. The lowest BCUT2D eigenvalue weighted by Gasteiger charge is -2.13. The zero-order chi connectivity index (χ0) is 12.8. The molecule has 1 unspecified atom stereocenters. The van der Waals surface area contributed by atoms with Gasteiger partial charge in [-0.1, -0.05) is 42.5 Å². The molecule has 0 saturated carbocycles. The fourth-order valence-electron chi connectivity index (χ4n) is 1.77. The topological polar surface area (TPSA) is 33.0 Å². The van der Waals surface area contributed by atoms with E-state index in [9.17, 15) is 0 Å². The summed E-state index contributed by atoms with van der Waals surface area (Å²) in [5.74, 6) is 0. The Hall–Kier alpha value is -2.11. The molecule has 0 radical (unpaired) electrons. The van der Waals surface area contributed by atoms with E-state index in [1.807, 2.05) is 43.3 Å². The second-order valence-corrected chi connectivity index (χ2v) is 4.18. The molecule has 0 aliphatic heterocycles. The van der Waals surface area contributed by atoms with Crippen LogP contribution in [0.1, 0.15) is 29.7 Å². The lowest BCUT2D eigenvalue weighted by molar-refractivity contribution is 0.0525. The normalized spacial score (nSPS) is 11.8. The molecule has 0 amide bonds. The van der Waals surface area contributed by atoms with Gasteiger partial charge in [0.15, 0.2) is 0 Å². The van der Waals surface area contributed by atoms with Crippen LogP contribution in [0.3, 0.4) is 0 Å². The Morgan fingerprint density at radius 2 is 1.89 bits per heavy atom. The van der Waals surface area contributed by atoms with Gasteiger partial charge in [0.25, 0.3) is 0 Å². The van der Waals surface area contributed by atoms with E-state index in [4.69, 9.17) is 10.00 Å². The molecule has 0 bridgehead atoms. The molecule has 0 aliphatic rings. The highest BCUT2D eigenvalue weighted by molar-refractivity contribution is 5.32. The van der Waals surface area contributed by atoms with Gasteiger partial charge >= 0.3 is 0 Å². The Morgan fingerprint density at radius 1 is 1.11 bits per heavy atom. The lowest BCUT2D eigenvalue weighted by atomic mass is 10.1. The van der Waals surface area contributed by atoms with Crippen LogP contribution in [0.2, 0.25) is 0 Å². The Morgan fingerprint density at radius 3 is 2.61 bits per heavy atom. The van der Waals surface area contributed by atoms with Gasteiger partial charge in [0, 0.05) is 0 Å². The Bertz CT molecular complexity index is 543. The zero-order valence-electron chi connectivity index (χ0n) is 10.3. The third-order valence-corrected chi connectivity index (χ3v) is 2.83. The number of nitrogens with zero attached hydrogens (tertiary/aromatic N) is 1. The summed E-state index contributed by atoms with van der Waals surface area (Å²) in [5.41, 5.74) is 2.86. The van der Waals surface area contributed by atoms with E-state index >= 15 is 0 Å². The third kappa shape index (κ3) is 3.19. The van der Waals surface area contributed by atoms with Gasteiger partial charge in [0.05, 0.1) is 24.3 Å². The summed E-state index contributed by atoms with van der Waals surface area (Å²) in [7, 11) is 0. The molecule has 0 N–H and O–H groups in total. The summed E-state index contributed by atoms with van der Waals surface area (Å²) in [4.78, 5) is 0. The predicted octanol–water partition coefficient (Wildman–Crippen LogP) is 3.84. The molecule has 0 aliphatic carbocycles. The average molecular weight is 237 g/mol. The first-order valence-corrected chi connectivity index (χ1v) is 5.95. The quantitative estimate of drug-likeness (QED) is 0.809. The maximum Gasteiger partial charge on any atom is 0.0991 e. The monoisotopic (exact) mass is 237 g/mol. The van der Waals surface area contributed by atoms with Gasteiger partial charge in [-0.05, 0) is 30.2 Å². The van der Waals surface area contributed by atoms with Crippen LogP contribution in [-0.2, 0) is 11.3 Å². The maximum absolute atomic E-state index is 8.83. The van der Waals surface area contributed by atoms with E-state index in [1.54, 1.807) is 6.07 Å². The Balaban J connectivity index is 1.97. The average Bonchev–Trinajstić information content (AvgIpc) is 2.46. The van der Waals surface area contributed by atoms with E-state index in [2.05, 4.69) is 18.2 Å². The van der Waals surface area contributed by atoms with Crippen molar-refractivity contribution in [3.63, 3.8) is 0 Å². The van der Waals surface area contributed by atoms with Crippen molar-refractivity contribution in [3.8, 4) is 6.07 Å². The number of hydrogen-bond acceptors (Lipinski definition) is 2. The van der Waals surface area contributed by atoms with Crippen molar-refractivity contribution in [1.29, 1.82) is 5.26 Å². The number of hydrogen-bond donors (Lipinski definition) is 0. The van der Waals surface area contributed by atoms with Crippen molar-refractivity contribution in [2.45, 2.75) is 19.6 Å². The minimum absolute atomic E-state index is 0.0527. The van der Waals surface area contributed by atoms with E-state index in [1.165, 1.54) is 0 Å². The number of ether oxygens (including phenoxy) is 1. The second kappa shape index (κ2) is 6.00. The lowest BCUT2D eigenvalue weighted by Crippen LogP contribution is -2.00. The van der Waals surface area contributed by atoms with Gasteiger partial charge in [-0.2, -0.15) is 5.26 Å². The highest BCUT2D eigenvalue weighted by Gasteiger charge is 2.05. The number of nitriles is 1. The van der Waals surface area contributed by atoms with Crippen molar-refractivity contribution < 1.29 is 4.74 Å². The minimum Gasteiger partial charge on any atom is -0.369 e. The van der Waals surface area contributed by atoms with Gasteiger partial charge in [0.1, 0.15) is 0 Å². The van der Waals surface area contributed by atoms with Gasteiger partial charge < -0.3 is 4.74 Å². The molecule has 0 fully saturated rings. The van der Waals surface area contributed by atoms with E-state index in [0.717, 1.165) is 11.1 Å². The van der Waals surface area contributed by atoms with Crippen molar-refractivity contribution >= 4 is 0 Å². The van der Waals surface area contributed by atoms with Crippen LogP contribution in [0.4, 0.5) is 0 Å². The molecule has 2 nitrogen and oxygen atoms in total. The fraction of sp³-hybridized carbons (Fsp3) is 0.188. The SMILES string of the molecule is CC(OCc1cccc(C#N)c1)c1ccccc1. The van der Waals surface area contributed by atoms with E-state index in [-0.39, 0.29) is 6.10 Å². The highest BCUT2D eigenvalue weighted by Crippen LogP contribution is 2.18. The largest absolute Gasteiger partial charge is 0.369 e. The molecular weight excluding hydrogens is 222 g/mol. The van der Waals surface area contributed by atoms with Crippen LogP contribution in [0.25, 0.3) is 0 Å². The molecule has 1 atom stereocenters. The van der Waals surface area contributed by atoms with Crippen LogP contribution < -0.4 is 0 Å². The molecule has 18 heavy (non-hydrogen) atoms. The molecule has 2 rings (SSSR count). The summed E-state index contributed by atoms with van der Waals surface area (Å²) in [6.07, 6.45) is 0.0527. The molecule has 2 aromatic carbocycles. The molecule has 0 spiro atoms. The van der Waals surface area contributed by atoms with Crippen LogP contribution in [-0.4, -0.2) is 0 Å². The maximum atomic E-state index is 8.83. The minimum atomic E-state index is 0.0527. The summed E-state index contributed by atoms with van der Waals surface area (Å²) in [6.45, 7) is 2.55. The molecule has 90 valence electrons. The summed E-state index contributed by atoms with van der Waals surface area (Å²) < 4.78 is 5.80. The molecule has 2 aromatic rings. The van der Waals surface area contributed by atoms with E-state index < -0.39 is 0 Å². The zero-order valence-corrected chi connectivity index (χ0v) is 10.3. The fourth-order valence-corrected chi connectivity index (χ4v) is 1.77. The molecular formula is C16H15NO. The molecule has 2 heteroatoms. The molecule has 0 heterocycles. The third-order valence-electron chi connectivity index (χ3n) is 2.83. The van der Waals surface area contributed by atoms with Gasteiger partial charge in [0.2, 0.25) is 0 Å². The van der Waals surface area contributed by atoms with Crippen molar-refractivity contribution in [3.05, 3.63) is 71.3 Å². The van der Waals surface area contributed by atoms with Gasteiger partial charge in [-0.3, -0.25) is 0 Å². The summed E-state index contributed by atoms with van der Waals surface area (Å²) in [5, 5.41) is 8.83. The van der Waals surface area contributed by atoms with Crippen LogP contribution in [0.5, 0.6) is 0 Å². The standard InChI is InChI=1S/C16H15NO/c1-13(16-8-3-2-4-9-16)18-12-15-7-5-6-14(10-15)11-17/h2-10,13H,12H2,1H3. The smallest absolute Gasteiger partial charge is 0.0991 e. The van der Waals surface area contributed by atoms with Gasteiger partial charge in [-0.25, -0.2) is 0 Å². The van der Waals surface area contributed by atoms with Gasteiger partial charge in [-0.15, -0.1) is 0 Å². The van der Waals surface area contributed by atoms with Crippen molar-refractivity contribution in [1.82, 2.24) is 0 Å². The molecule has 0 aromatic heterocycles. The summed E-state index contributed by atoms with van der Waals surface area (Å²) >= 11 is 0. The molecule has 0 saturated heterocycles. The number of rotatable bonds is 4. The Kier molecular flexibility index (Phi) is 4.11. The number of benzene rings is 2. The van der Waals surface area contributed by atoms with E-state index in [0.29, 0.717) is 12.2 Å². The van der Waals surface area contributed by atoms with Crippen LogP contribution >= 0.6 is 0 Å². The first kappa shape index (κ1) is 12.3. The van der Waals surface area contributed by atoms with Crippen LogP contribution in [0.15, 0.2) is 54.6 Å². The van der Waals surface area contributed by atoms with Crippen molar-refractivity contribution in [2.75, 3.05) is 0 Å². The summed E-state index contributed by atoms with van der Waals surface area (Å²) in [6, 6.07) is 19.7. The first-order chi connectivity index (χ1) is 8.79.